The number of aliphatic hydroxyl groups excluding tert-OH is 2. The minimum Gasteiger partial charge on any atom is -0.400 e. The quantitative estimate of drug-likeness (QED) is 0.507. The van der Waals surface area contributed by atoms with Crippen molar-refractivity contribution in [3.8, 4) is 0 Å². The van der Waals surface area contributed by atoms with Gasteiger partial charge in [0, 0.05) is 31.5 Å². The summed E-state index contributed by atoms with van der Waals surface area (Å²) in [5.74, 6) is 0. The lowest BCUT2D eigenvalue weighted by molar-refractivity contribution is -0.0979. The van der Waals surface area contributed by atoms with E-state index < -0.39 is 0 Å². The van der Waals surface area contributed by atoms with Gasteiger partial charge in [-0.25, -0.2) is 4.98 Å². The van der Waals surface area contributed by atoms with Crippen LogP contribution in [0.25, 0.3) is 11.0 Å². The highest BCUT2D eigenvalue weighted by Crippen LogP contribution is 2.11. The highest BCUT2D eigenvalue weighted by molar-refractivity contribution is 5.77. The van der Waals surface area contributed by atoms with Crippen molar-refractivity contribution in [3.05, 3.63) is 28.4 Å². The minimum absolute atomic E-state index is 0.0851. The summed E-state index contributed by atoms with van der Waals surface area (Å²) < 4.78 is 0. The first-order chi connectivity index (χ1) is 10.8. The van der Waals surface area contributed by atoms with Gasteiger partial charge in [-0.15, -0.1) is 0 Å². The molecule has 0 aliphatic rings. The lowest BCUT2D eigenvalue weighted by Crippen LogP contribution is -2.31. The molecule has 0 unspecified atom stereocenters. The van der Waals surface area contributed by atoms with Crippen LogP contribution in [-0.2, 0) is 11.3 Å². The molecule has 2 aromatic heterocycles. The van der Waals surface area contributed by atoms with Gasteiger partial charge in [0.05, 0.1) is 18.5 Å². The molecule has 0 aliphatic heterocycles. The maximum Gasteiger partial charge on any atom is 0.275 e. The third kappa shape index (κ3) is 5.40. The molecule has 0 spiro atoms. The largest absolute Gasteiger partial charge is 0.400 e. The molecule has 1 atom stereocenters. The Labute approximate surface area is 128 Å². The van der Waals surface area contributed by atoms with Crippen molar-refractivity contribution in [1.29, 1.82) is 0 Å². The first-order valence-corrected chi connectivity index (χ1v) is 6.87. The third-order valence-corrected chi connectivity index (χ3v) is 2.99. The van der Waals surface area contributed by atoms with Crippen molar-refractivity contribution in [1.82, 2.24) is 20.3 Å². The van der Waals surface area contributed by atoms with Gasteiger partial charge in [0.2, 0.25) is 0 Å². The number of rotatable bonds is 6. The summed E-state index contributed by atoms with van der Waals surface area (Å²) >= 11 is 0. The molecule has 0 radical (unpaired) electrons. The van der Waals surface area contributed by atoms with Crippen LogP contribution in [0.5, 0.6) is 0 Å². The number of H-pyrrole nitrogens is 2. The monoisotopic (exact) mass is 312 g/mol. The number of aliphatic hydroxyl groups is 2. The van der Waals surface area contributed by atoms with E-state index in [9.17, 15) is 9.90 Å². The van der Waals surface area contributed by atoms with Crippen LogP contribution in [0, 0.1) is 0 Å². The Morgan fingerprint density at radius 1 is 1.36 bits per heavy atom. The first kappa shape index (κ1) is 20.0. The fourth-order valence-electron chi connectivity index (χ4n) is 2.00. The second kappa shape index (κ2) is 11.6. The second-order valence-corrected chi connectivity index (χ2v) is 4.32. The Morgan fingerprint density at radius 2 is 2.05 bits per heavy atom. The molecular weight excluding hydrogens is 288 g/mol. The smallest absolute Gasteiger partial charge is 0.275 e. The van der Waals surface area contributed by atoms with Crippen molar-refractivity contribution in [2.45, 2.75) is 32.4 Å². The number of carbonyl (C=O) groups is 1. The molecule has 124 valence electrons. The number of carbonyl (C=O) groups excluding carboxylic acids is 1. The van der Waals surface area contributed by atoms with Crippen LogP contribution in [-0.4, -0.2) is 51.7 Å². The first-order valence-electron chi connectivity index (χ1n) is 6.87. The number of aromatic amines is 2. The predicted octanol–water partition coefficient (Wildman–Crippen LogP) is -0.0746. The minimum atomic E-state index is -0.168. The highest BCUT2D eigenvalue weighted by Gasteiger charge is 2.10. The lowest BCUT2D eigenvalue weighted by atomic mass is 10.1. The van der Waals surface area contributed by atoms with Crippen molar-refractivity contribution in [2.24, 2.45) is 0 Å². The number of aromatic nitrogens is 3. The van der Waals surface area contributed by atoms with E-state index in [1.165, 1.54) is 6.33 Å². The molecule has 2 aromatic rings. The summed E-state index contributed by atoms with van der Waals surface area (Å²) in [6.07, 6.45) is 5.12. The summed E-state index contributed by atoms with van der Waals surface area (Å²) in [5.41, 5.74) is 1.94. The summed E-state index contributed by atoms with van der Waals surface area (Å²) in [6, 6.07) is 0.0851. The highest BCUT2D eigenvalue weighted by atomic mass is 16.3. The number of hydrogen-bond acceptors (Lipinski definition) is 6. The van der Waals surface area contributed by atoms with Crippen molar-refractivity contribution >= 4 is 17.8 Å². The molecule has 0 saturated heterocycles. The number of nitrogens with one attached hydrogen (secondary N) is 3. The lowest BCUT2D eigenvalue weighted by Gasteiger charge is -2.14. The Bertz CT molecular complexity index is 581. The second-order valence-electron chi connectivity index (χ2n) is 4.32. The number of hydrogen-bond donors (Lipinski definition) is 5. The molecular formula is C14H24N4O4. The van der Waals surface area contributed by atoms with Gasteiger partial charge in [0.1, 0.15) is 12.3 Å². The average molecular weight is 312 g/mol. The van der Waals surface area contributed by atoms with E-state index in [-0.39, 0.29) is 18.2 Å². The molecule has 2 rings (SSSR count). The zero-order chi connectivity index (χ0) is 17.0. The predicted molar refractivity (Wildman–Crippen MR) is 84.6 cm³/mol. The molecule has 0 saturated carbocycles. The Balaban J connectivity index is 0.00000102. The maximum atomic E-state index is 11.5. The summed E-state index contributed by atoms with van der Waals surface area (Å²) in [5, 5.41) is 19.5. The van der Waals surface area contributed by atoms with Crippen molar-refractivity contribution in [2.75, 3.05) is 13.7 Å². The van der Waals surface area contributed by atoms with E-state index in [1.54, 1.807) is 6.20 Å². The normalized spacial score (nSPS) is 11.1. The van der Waals surface area contributed by atoms with Gasteiger partial charge in [-0.05, 0) is 6.42 Å². The van der Waals surface area contributed by atoms with Crippen molar-refractivity contribution < 1.29 is 15.0 Å². The van der Waals surface area contributed by atoms with Crippen LogP contribution in [0.15, 0.2) is 17.3 Å². The standard InChI is InChI=1S/C12H18N4O2.CH4O.CH2O/c1-2-3-9(6-17)13-4-8-5-14-11-10(8)15-7-16-12(11)18;2*1-2/h5,7,9,13-14,17H,2-4,6H2,1H3,(H,15,16,18);2H,1H3;1H2/t9-;;/m1../s1. The molecule has 5 N–H and O–H groups in total. The van der Waals surface area contributed by atoms with Gasteiger partial charge in [-0.2, -0.15) is 0 Å². The van der Waals surface area contributed by atoms with E-state index in [4.69, 9.17) is 9.90 Å². The molecule has 0 bridgehead atoms. The van der Waals surface area contributed by atoms with E-state index in [1.807, 2.05) is 6.79 Å². The van der Waals surface area contributed by atoms with E-state index in [2.05, 4.69) is 27.2 Å². The van der Waals surface area contributed by atoms with E-state index >= 15 is 0 Å². The Kier molecular flexibility index (Phi) is 10.5. The van der Waals surface area contributed by atoms with Crippen LogP contribution in [0.1, 0.15) is 25.3 Å². The fraction of sp³-hybridized carbons (Fsp3) is 0.500. The summed E-state index contributed by atoms with van der Waals surface area (Å²) in [7, 11) is 1.00. The van der Waals surface area contributed by atoms with Crippen LogP contribution >= 0.6 is 0 Å². The molecule has 0 fully saturated rings. The molecule has 0 aromatic carbocycles. The topological polar surface area (TPSA) is 131 Å². The Hall–Kier alpha value is -2.03. The summed E-state index contributed by atoms with van der Waals surface area (Å²) in [4.78, 5) is 29.1. The molecule has 2 heterocycles. The van der Waals surface area contributed by atoms with Gasteiger partial charge in [0.15, 0.2) is 0 Å². The molecule has 8 nitrogen and oxygen atoms in total. The molecule has 0 aliphatic carbocycles. The molecule has 0 amide bonds. The van der Waals surface area contributed by atoms with Crippen LogP contribution in [0.4, 0.5) is 0 Å². The molecule has 22 heavy (non-hydrogen) atoms. The fourth-order valence-corrected chi connectivity index (χ4v) is 2.00. The van der Waals surface area contributed by atoms with E-state index in [0.29, 0.717) is 17.6 Å². The van der Waals surface area contributed by atoms with Gasteiger partial charge < -0.3 is 30.3 Å². The summed E-state index contributed by atoms with van der Waals surface area (Å²) in [6.45, 7) is 4.78. The maximum absolute atomic E-state index is 11.5. The van der Waals surface area contributed by atoms with E-state index in [0.717, 1.165) is 25.5 Å². The van der Waals surface area contributed by atoms with Crippen LogP contribution in [0.2, 0.25) is 0 Å². The van der Waals surface area contributed by atoms with Gasteiger partial charge in [-0.1, -0.05) is 13.3 Å². The van der Waals surface area contributed by atoms with Crippen molar-refractivity contribution in [3.63, 3.8) is 0 Å². The number of nitrogens with zero attached hydrogens (tertiary/aromatic N) is 1. The van der Waals surface area contributed by atoms with Crippen LogP contribution < -0.4 is 10.9 Å². The van der Waals surface area contributed by atoms with Gasteiger partial charge in [0.25, 0.3) is 5.56 Å². The average Bonchev–Trinajstić information content (AvgIpc) is 3.00. The Morgan fingerprint density at radius 3 is 2.64 bits per heavy atom. The molecule has 8 heteroatoms. The number of fused-ring (bicyclic) bond motifs is 1. The third-order valence-electron chi connectivity index (χ3n) is 2.99. The van der Waals surface area contributed by atoms with Gasteiger partial charge in [-0.3, -0.25) is 4.79 Å². The van der Waals surface area contributed by atoms with Crippen LogP contribution in [0.3, 0.4) is 0 Å². The zero-order valence-electron chi connectivity index (χ0n) is 12.9. The zero-order valence-corrected chi connectivity index (χ0v) is 12.9. The van der Waals surface area contributed by atoms with Gasteiger partial charge >= 0.3 is 0 Å². The SMILES string of the molecule is C=O.CCC[C@H](CO)NCc1c[nH]c2c(=O)[nH]cnc12.CO.